The van der Waals surface area contributed by atoms with Gasteiger partial charge in [0.05, 0.1) is 0 Å². The number of benzene rings is 1. The molecule has 1 aromatic rings. The molecule has 1 aromatic carbocycles. The number of carboxylic acid groups (broad SMARTS) is 1. The molecule has 1 atom stereocenters. The van der Waals surface area contributed by atoms with Gasteiger partial charge in [-0.25, -0.2) is 4.79 Å². The summed E-state index contributed by atoms with van der Waals surface area (Å²) in [5.74, 6) is -0.345. The molecule has 0 aliphatic rings. The number of carbonyl (C=O) groups is 2. The largest absolute Gasteiger partial charge is 0.484 e. The Balaban J connectivity index is 2.41. The van der Waals surface area contributed by atoms with E-state index in [2.05, 4.69) is 5.32 Å². The highest BCUT2D eigenvalue weighted by molar-refractivity contribution is 7.98. The number of carboxylic acids is 1. The van der Waals surface area contributed by atoms with Crippen molar-refractivity contribution in [3.63, 3.8) is 0 Å². The average molecular weight is 318 g/mol. The Morgan fingerprint density at radius 3 is 2.60 bits per heavy atom. The predicted octanol–water partition coefficient (Wildman–Crippen LogP) is 2.04. The molecular weight excluding hydrogens is 302 g/mol. The first-order valence-electron chi connectivity index (χ1n) is 5.92. The lowest BCUT2D eigenvalue weighted by Crippen LogP contribution is -2.43. The molecule has 7 heteroatoms. The second kappa shape index (κ2) is 8.71. The Bertz CT molecular complexity index is 452. The second-order valence-electron chi connectivity index (χ2n) is 3.98. The van der Waals surface area contributed by atoms with Crippen molar-refractivity contribution >= 4 is 35.2 Å². The summed E-state index contributed by atoms with van der Waals surface area (Å²) in [6, 6.07) is 5.68. The molecule has 110 valence electrons. The maximum absolute atomic E-state index is 11.6. The monoisotopic (exact) mass is 317 g/mol. The molecule has 0 aliphatic carbocycles. The predicted molar refractivity (Wildman–Crippen MR) is 79.5 cm³/mol. The summed E-state index contributed by atoms with van der Waals surface area (Å²) in [5, 5.41) is 12.0. The lowest BCUT2D eigenvalue weighted by atomic mass is 10.2. The van der Waals surface area contributed by atoms with E-state index in [1.807, 2.05) is 6.26 Å². The molecule has 0 radical (unpaired) electrons. The minimum absolute atomic E-state index is 0.231. The summed E-state index contributed by atoms with van der Waals surface area (Å²) < 4.78 is 5.24. The van der Waals surface area contributed by atoms with E-state index in [-0.39, 0.29) is 6.61 Å². The summed E-state index contributed by atoms with van der Waals surface area (Å²) >= 11 is 7.25. The minimum atomic E-state index is -1.04. The number of aliphatic carboxylic acids is 1. The summed E-state index contributed by atoms with van der Waals surface area (Å²) in [5.41, 5.74) is 0. The lowest BCUT2D eigenvalue weighted by Gasteiger charge is -2.14. The number of amides is 1. The van der Waals surface area contributed by atoms with Crippen LogP contribution < -0.4 is 10.1 Å². The maximum Gasteiger partial charge on any atom is 0.326 e. The summed E-state index contributed by atoms with van der Waals surface area (Å²) in [7, 11) is 0. The van der Waals surface area contributed by atoms with Crippen molar-refractivity contribution in [3.05, 3.63) is 29.3 Å². The van der Waals surface area contributed by atoms with Gasteiger partial charge in [0, 0.05) is 5.02 Å². The van der Waals surface area contributed by atoms with Crippen LogP contribution in [0.1, 0.15) is 6.42 Å². The Labute approximate surface area is 126 Å². The topological polar surface area (TPSA) is 75.6 Å². The van der Waals surface area contributed by atoms with Crippen molar-refractivity contribution in [1.82, 2.24) is 5.32 Å². The number of nitrogens with one attached hydrogen (secondary N) is 1. The number of hydrogen-bond donors (Lipinski definition) is 2. The molecule has 0 aliphatic heterocycles. The van der Waals surface area contributed by atoms with Crippen LogP contribution in [0.25, 0.3) is 0 Å². The van der Waals surface area contributed by atoms with E-state index < -0.39 is 17.9 Å². The van der Waals surface area contributed by atoms with Crippen molar-refractivity contribution in [1.29, 1.82) is 0 Å². The molecule has 0 heterocycles. The minimum Gasteiger partial charge on any atom is -0.484 e. The van der Waals surface area contributed by atoms with Gasteiger partial charge in [-0.3, -0.25) is 4.79 Å². The van der Waals surface area contributed by atoms with Gasteiger partial charge < -0.3 is 15.2 Å². The van der Waals surface area contributed by atoms with E-state index >= 15 is 0 Å². The van der Waals surface area contributed by atoms with Crippen molar-refractivity contribution in [2.75, 3.05) is 18.6 Å². The zero-order valence-corrected chi connectivity index (χ0v) is 12.5. The van der Waals surface area contributed by atoms with Crippen molar-refractivity contribution in [2.24, 2.45) is 0 Å². The highest BCUT2D eigenvalue weighted by Crippen LogP contribution is 2.15. The number of ether oxygens (including phenoxy) is 1. The third kappa shape index (κ3) is 6.16. The van der Waals surface area contributed by atoms with Gasteiger partial charge in [-0.15, -0.1) is 0 Å². The number of rotatable bonds is 8. The molecular formula is C13H16ClNO4S. The van der Waals surface area contributed by atoms with Crippen LogP contribution in [0.5, 0.6) is 5.75 Å². The Morgan fingerprint density at radius 1 is 1.40 bits per heavy atom. The Kier molecular flexibility index (Phi) is 7.25. The van der Waals surface area contributed by atoms with Gasteiger partial charge in [0.15, 0.2) is 6.61 Å². The van der Waals surface area contributed by atoms with Crippen LogP contribution in [0.3, 0.4) is 0 Å². The Hall–Kier alpha value is -1.40. The maximum atomic E-state index is 11.6. The first kappa shape index (κ1) is 16.7. The van der Waals surface area contributed by atoms with Gasteiger partial charge in [0.1, 0.15) is 11.8 Å². The van der Waals surface area contributed by atoms with Crippen LogP contribution in [0.2, 0.25) is 5.02 Å². The number of halogens is 1. The zero-order chi connectivity index (χ0) is 15.0. The first-order valence-corrected chi connectivity index (χ1v) is 7.69. The molecule has 0 spiro atoms. The number of thioether (sulfide) groups is 1. The van der Waals surface area contributed by atoms with Crippen LogP contribution in [0, 0.1) is 0 Å². The Morgan fingerprint density at radius 2 is 2.05 bits per heavy atom. The van der Waals surface area contributed by atoms with Gasteiger partial charge in [0.25, 0.3) is 5.91 Å². The van der Waals surface area contributed by atoms with Gasteiger partial charge in [-0.1, -0.05) is 11.6 Å². The SMILES string of the molecule is CSCCC(NC(=O)COc1ccc(Cl)cc1)C(=O)O. The zero-order valence-electron chi connectivity index (χ0n) is 11.0. The fourth-order valence-electron chi connectivity index (χ4n) is 1.41. The van der Waals surface area contributed by atoms with Crippen LogP contribution in [-0.2, 0) is 9.59 Å². The van der Waals surface area contributed by atoms with Crippen molar-refractivity contribution in [3.8, 4) is 5.75 Å². The fraction of sp³-hybridized carbons (Fsp3) is 0.385. The number of hydrogen-bond acceptors (Lipinski definition) is 4. The molecule has 1 rings (SSSR count). The molecule has 5 nitrogen and oxygen atoms in total. The second-order valence-corrected chi connectivity index (χ2v) is 5.40. The molecule has 0 aromatic heterocycles. The van der Waals surface area contributed by atoms with Gasteiger partial charge in [-0.2, -0.15) is 11.8 Å². The first-order chi connectivity index (χ1) is 9.52. The normalized spacial score (nSPS) is 11.7. The van der Waals surface area contributed by atoms with Crippen molar-refractivity contribution < 1.29 is 19.4 Å². The average Bonchev–Trinajstić information content (AvgIpc) is 2.42. The van der Waals surface area contributed by atoms with E-state index in [1.165, 1.54) is 11.8 Å². The van der Waals surface area contributed by atoms with E-state index in [1.54, 1.807) is 24.3 Å². The van der Waals surface area contributed by atoms with E-state index in [0.29, 0.717) is 22.9 Å². The fourth-order valence-corrected chi connectivity index (χ4v) is 2.01. The molecule has 20 heavy (non-hydrogen) atoms. The molecule has 0 bridgehead atoms. The van der Waals surface area contributed by atoms with Gasteiger partial charge in [0.2, 0.25) is 0 Å². The standard InChI is InChI=1S/C13H16ClNO4S/c1-20-7-6-11(13(17)18)15-12(16)8-19-10-4-2-9(14)3-5-10/h2-5,11H,6-8H2,1H3,(H,15,16)(H,17,18). The highest BCUT2D eigenvalue weighted by atomic mass is 35.5. The summed E-state index contributed by atoms with van der Waals surface area (Å²) in [6.07, 6.45) is 2.26. The highest BCUT2D eigenvalue weighted by Gasteiger charge is 2.19. The molecule has 0 saturated heterocycles. The summed E-state index contributed by atoms with van der Waals surface area (Å²) in [4.78, 5) is 22.6. The third-order valence-electron chi connectivity index (χ3n) is 2.43. The van der Waals surface area contributed by atoms with Crippen LogP contribution in [0.15, 0.2) is 24.3 Å². The van der Waals surface area contributed by atoms with E-state index in [4.69, 9.17) is 21.4 Å². The van der Waals surface area contributed by atoms with Crippen LogP contribution in [-0.4, -0.2) is 41.6 Å². The molecule has 0 saturated carbocycles. The smallest absolute Gasteiger partial charge is 0.326 e. The third-order valence-corrected chi connectivity index (χ3v) is 3.32. The lowest BCUT2D eigenvalue weighted by molar-refractivity contribution is -0.142. The van der Waals surface area contributed by atoms with Gasteiger partial charge in [-0.05, 0) is 42.7 Å². The van der Waals surface area contributed by atoms with Gasteiger partial charge >= 0.3 is 5.97 Å². The van der Waals surface area contributed by atoms with E-state index in [9.17, 15) is 9.59 Å². The molecule has 0 fully saturated rings. The van der Waals surface area contributed by atoms with Crippen molar-refractivity contribution in [2.45, 2.75) is 12.5 Å². The molecule has 1 unspecified atom stereocenters. The van der Waals surface area contributed by atoms with Crippen LogP contribution in [0.4, 0.5) is 0 Å². The number of carbonyl (C=O) groups excluding carboxylic acids is 1. The van der Waals surface area contributed by atoms with Crippen LogP contribution >= 0.6 is 23.4 Å². The van der Waals surface area contributed by atoms with E-state index in [0.717, 1.165) is 0 Å². The quantitative estimate of drug-likeness (QED) is 0.767. The molecule has 1 amide bonds. The summed E-state index contributed by atoms with van der Waals surface area (Å²) in [6.45, 7) is -0.231. The molecule has 2 N–H and O–H groups in total.